The van der Waals surface area contributed by atoms with Crippen LogP contribution in [0.5, 0.6) is 0 Å². The normalized spacial score (nSPS) is 24.4. The highest BCUT2D eigenvalue weighted by atomic mass is 15.1. The Bertz CT molecular complexity index is 325. The minimum absolute atomic E-state index is 0.418. The smallest absolute Gasteiger partial charge is 0.0271 e. The quantitative estimate of drug-likeness (QED) is 0.846. The molecule has 3 heteroatoms. The Morgan fingerprint density at radius 2 is 2.12 bits per heavy atom. The second kappa shape index (κ2) is 6.12. The van der Waals surface area contributed by atoms with Crippen LogP contribution in [0.25, 0.3) is 0 Å². The van der Waals surface area contributed by atoms with Crippen molar-refractivity contribution in [3.63, 3.8) is 0 Å². The summed E-state index contributed by atoms with van der Waals surface area (Å²) in [7, 11) is 0. The molecule has 1 aliphatic rings. The molecule has 0 aliphatic heterocycles. The maximum atomic E-state index is 6.14. The van der Waals surface area contributed by atoms with E-state index in [1.54, 1.807) is 0 Å². The number of hydrogen-bond donors (Lipinski definition) is 1. The fourth-order valence-electron chi connectivity index (χ4n) is 2.68. The van der Waals surface area contributed by atoms with Crippen molar-refractivity contribution in [3.8, 4) is 0 Å². The standard InChI is InChI=1S/C14H23N3/c1-2-17(10-12-6-8-16-9-7-12)11-13-4-3-5-14(13)15/h6-9,13-14H,2-5,10-11,15H2,1H3. The predicted octanol–water partition coefficient (Wildman–Crippen LogP) is 2.03. The van der Waals surface area contributed by atoms with E-state index >= 15 is 0 Å². The van der Waals surface area contributed by atoms with Gasteiger partial charge in [-0.15, -0.1) is 0 Å². The summed E-state index contributed by atoms with van der Waals surface area (Å²) in [5, 5.41) is 0. The molecule has 0 bridgehead atoms. The first-order chi connectivity index (χ1) is 8.29. The first kappa shape index (κ1) is 12.5. The third-order valence-electron chi connectivity index (χ3n) is 3.81. The SMILES string of the molecule is CCN(Cc1ccncc1)CC1CCCC1N. The van der Waals surface area contributed by atoms with E-state index in [0.29, 0.717) is 12.0 Å². The molecule has 0 aromatic carbocycles. The van der Waals surface area contributed by atoms with E-state index in [9.17, 15) is 0 Å². The highest BCUT2D eigenvalue weighted by Crippen LogP contribution is 2.25. The minimum atomic E-state index is 0.418. The summed E-state index contributed by atoms with van der Waals surface area (Å²) in [5.74, 6) is 0.691. The van der Waals surface area contributed by atoms with Gasteiger partial charge in [-0.25, -0.2) is 0 Å². The van der Waals surface area contributed by atoms with Crippen molar-refractivity contribution in [2.45, 2.75) is 38.8 Å². The lowest BCUT2D eigenvalue weighted by molar-refractivity contribution is 0.225. The van der Waals surface area contributed by atoms with Crippen molar-refractivity contribution >= 4 is 0 Å². The summed E-state index contributed by atoms with van der Waals surface area (Å²) in [5.41, 5.74) is 7.48. The second-order valence-corrected chi connectivity index (χ2v) is 5.04. The van der Waals surface area contributed by atoms with Crippen molar-refractivity contribution in [1.82, 2.24) is 9.88 Å². The third kappa shape index (κ3) is 3.51. The largest absolute Gasteiger partial charge is 0.327 e. The highest BCUT2D eigenvalue weighted by Gasteiger charge is 2.25. The summed E-state index contributed by atoms with van der Waals surface area (Å²) in [6, 6.07) is 4.61. The molecule has 1 aromatic heterocycles. The van der Waals surface area contributed by atoms with Crippen molar-refractivity contribution in [2.75, 3.05) is 13.1 Å². The van der Waals surface area contributed by atoms with Crippen LogP contribution in [0.4, 0.5) is 0 Å². The number of nitrogens with zero attached hydrogens (tertiary/aromatic N) is 2. The van der Waals surface area contributed by atoms with E-state index in [2.05, 4.69) is 28.9 Å². The van der Waals surface area contributed by atoms with E-state index in [-0.39, 0.29) is 0 Å². The fourth-order valence-corrected chi connectivity index (χ4v) is 2.68. The molecule has 1 saturated carbocycles. The van der Waals surface area contributed by atoms with Gasteiger partial charge in [0.1, 0.15) is 0 Å². The zero-order chi connectivity index (χ0) is 12.1. The molecule has 17 heavy (non-hydrogen) atoms. The van der Waals surface area contributed by atoms with Gasteiger partial charge in [0, 0.05) is 31.5 Å². The maximum Gasteiger partial charge on any atom is 0.0271 e. The van der Waals surface area contributed by atoms with Crippen LogP contribution in [-0.4, -0.2) is 29.0 Å². The zero-order valence-corrected chi connectivity index (χ0v) is 10.7. The van der Waals surface area contributed by atoms with Gasteiger partial charge in [0.25, 0.3) is 0 Å². The summed E-state index contributed by atoms with van der Waals surface area (Å²) >= 11 is 0. The van der Waals surface area contributed by atoms with Gasteiger partial charge in [0.2, 0.25) is 0 Å². The lowest BCUT2D eigenvalue weighted by atomic mass is 10.0. The van der Waals surface area contributed by atoms with Gasteiger partial charge in [-0.05, 0) is 43.0 Å². The molecule has 2 rings (SSSR count). The molecule has 1 aliphatic carbocycles. The van der Waals surface area contributed by atoms with Crippen LogP contribution < -0.4 is 5.73 Å². The Labute approximate surface area is 104 Å². The predicted molar refractivity (Wildman–Crippen MR) is 70.5 cm³/mol. The Hall–Kier alpha value is -0.930. The second-order valence-electron chi connectivity index (χ2n) is 5.04. The van der Waals surface area contributed by atoms with Crippen LogP contribution in [0, 0.1) is 5.92 Å². The van der Waals surface area contributed by atoms with Crippen molar-refractivity contribution in [3.05, 3.63) is 30.1 Å². The molecular formula is C14H23N3. The monoisotopic (exact) mass is 233 g/mol. The third-order valence-corrected chi connectivity index (χ3v) is 3.81. The number of hydrogen-bond acceptors (Lipinski definition) is 3. The molecule has 94 valence electrons. The number of pyridine rings is 1. The van der Waals surface area contributed by atoms with E-state index < -0.39 is 0 Å². The molecular weight excluding hydrogens is 210 g/mol. The molecule has 2 atom stereocenters. The molecule has 1 heterocycles. The lowest BCUT2D eigenvalue weighted by Crippen LogP contribution is -2.35. The summed E-state index contributed by atoms with van der Waals surface area (Å²) in [6.45, 7) is 5.47. The average Bonchev–Trinajstić information content (AvgIpc) is 2.75. The van der Waals surface area contributed by atoms with Gasteiger partial charge < -0.3 is 5.73 Å². The summed E-state index contributed by atoms with van der Waals surface area (Å²) in [6.07, 6.45) is 7.54. The molecule has 2 unspecified atom stereocenters. The lowest BCUT2D eigenvalue weighted by Gasteiger charge is -2.26. The maximum absolute atomic E-state index is 6.14. The van der Waals surface area contributed by atoms with Crippen molar-refractivity contribution in [2.24, 2.45) is 11.7 Å². The van der Waals surface area contributed by atoms with Crippen LogP contribution in [0.15, 0.2) is 24.5 Å². The van der Waals surface area contributed by atoms with Gasteiger partial charge in [-0.1, -0.05) is 13.3 Å². The Kier molecular flexibility index (Phi) is 4.51. The molecule has 0 spiro atoms. The molecule has 0 saturated heterocycles. The van der Waals surface area contributed by atoms with Crippen LogP contribution >= 0.6 is 0 Å². The average molecular weight is 233 g/mol. The Balaban J connectivity index is 1.88. The number of rotatable bonds is 5. The topological polar surface area (TPSA) is 42.2 Å². The van der Waals surface area contributed by atoms with Gasteiger partial charge in [-0.3, -0.25) is 9.88 Å². The minimum Gasteiger partial charge on any atom is -0.327 e. The fraction of sp³-hybridized carbons (Fsp3) is 0.643. The van der Waals surface area contributed by atoms with E-state index in [0.717, 1.165) is 19.6 Å². The van der Waals surface area contributed by atoms with Gasteiger partial charge >= 0.3 is 0 Å². The first-order valence-corrected chi connectivity index (χ1v) is 6.66. The van der Waals surface area contributed by atoms with Crippen molar-refractivity contribution in [1.29, 1.82) is 0 Å². The number of nitrogens with two attached hydrogens (primary N) is 1. The van der Waals surface area contributed by atoms with E-state index in [1.807, 2.05) is 12.4 Å². The summed E-state index contributed by atoms with van der Waals surface area (Å²) in [4.78, 5) is 6.55. The van der Waals surface area contributed by atoms with Crippen molar-refractivity contribution < 1.29 is 0 Å². The summed E-state index contributed by atoms with van der Waals surface area (Å²) < 4.78 is 0. The Morgan fingerprint density at radius 1 is 1.35 bits per heavy atom. The van der Waals surface area contributed by atoms with Gasteiger partial charge in [0.05, 0.1) is 0 Å². The molecule has 2 N–H and O–H groups in total. The molecule has 0 amide bonds. The van der Waals surface area contributed by atoms with Gasteiger partial charge in [0.15, 0.2) is 0 Å². The molecule has 0 radical (unpaired) electrons. The van der Waals surface area contributed by atoms with Gasteiger partial charge in [-0.2, -0.15) is 0 Å². The van der Waals surface area contributed by atoms with Crippen LogP contribution in [0.3, 0.4) is 0 Å². The molecule has 3 nitrogen and oxygen atoms in total. The Morgan fingerprint density at radius 3 is 2.71 bits per heavy atom. The molecule has 1 fully saturated rings. The highest BCUT2D eigenvalue weighted by molar-refractivity contribution is 5.09. The molecule has 1 aromatic rings. The van der Waals surface area contributed by atoms with E-state index in [4.69, 9.17) is 5.73 Å². The van der Waals surface area contributed by atoms with E-state index in [1.165, 1.54) is 24.8 Å². The van der Waals surface area contributed by atoms with Crippen LogP contribution in [0.1, 0.15) is 31.7 Å². The van der Waals surface area contributed by atoms with Crippen LogP contribution in [0.2, 0.25) is 0 Å². The van der Waals surface area contributed by atoms with Crippen LogP contribution in [-0.2, 0) is 6.54 Å². The number of aromatic nitrogens is 1. The first-order valence-electron chi connectivity index (χ1n) is 6.66. The zero-order valence-electron chi connectivity index (χ0n) is 10.7.